The number of hydrogen-bond acceptors (Lipinski definition) is 5. The Morgan fingerprint density at radius 1 is 1.24 bits per heavy atom. The van der Waals surface area contributed by atoms with Gasteiger partial charge in [0.2, 0.25) is 5.91 Å². The summed E-state index contributed by atoms with van der Waals surface area (Å²) in [4.78, 5) is 35.0. The average Bonchev–Trinajstić information content (AvgIpc) is 3.24. The number of ether oxygens (including phenoxy) is 1. The predicted molar refractivity (Wildman–Crippen MR) is 105 cm³/mol. The molecule has 0 bridgehead atoms. The smallest absolute Gasteiger partial charge is 0.274 e. The Hall–Kier alpha value is -2.87. The summed E-state index contributed by atoms with van der Waals surface area (Å²) in [5.74, 6) is -0.767. The monoisotopic (exact) mass is 400 g/mol. The molecule has 2 aromatic rings. The van der Waals surface area contributed by atoms with Crippen molar-refractivity contribution in [3.05, 3.63) is 59.4 Å². The molecule has 154 valence electrons. The van der Waals surface area contributed by atoms with Crippen LogP contribution in [0.25, 0.3) is 0 Å². The number of benzene rings is 1. The molecule has 7 nitrogen and oxygen atoms in total. The van der Waals surface area contributed by atoms with E-state index >= 15 is 0 Å². The van der Waals surface area contributed by atoms with Crippen LogP contribution in [0.15, 0.2) is 36.7 Å². The van der Waals surface area contributed by atoms with E-state index in [9.17, 15) is 14.0 Å². The van der Waals surface area contributed by atoms with Gasteiger partial charge >= 0.3 is 0 Å². The van der Waals surface area contributed by atoms with Crippen LogP contribution in [0.5, 0.6) is 0 Å². The molecule has 0 spiro atoms. The highest BCUT2D eigenvalue weighted by Crippen LogP contribution is 2.15. The molecule has 2 amide bonds. The van der Waals surface area contributed by atoms with Gasteiger partial charge in [-0.1, -0.05) is 12.1 Å². The normalized spacial score (nSPS) is 15.9. The maximum absolute atomic E-state index is 13.0. The fourth-order valence-electron chi connectivity index (χ4n) is 3.10. The van der Waals surface area contributed by atoms with Crippen LogP contribution in [-0.2, 0) is 16.1 Å². The zero-order valence-electron chi connectivity index (χ0n) is 16.4. The molecular formula is C21H25FN4O3. The van der Waals surface area contributed by atoms with Crippen molar-refractivity contribution < 1.29 is 18.7 Å². The van der Waals surface area contributed by atoms with E-state index in [0.717, 1.165) is 24.1 Å². The number of amides is 2. The topological polar surface area (TPSA) is 84.4 Å². The summed E-state index contributed by atoms with van der Waals surface area (Å²) in [6.07, 6.45) is 4.98. The highest BCUT2D eigenvalue weighted by atomic mass is 19.1. The number of hydrogen-bond donors (Lipinski definition) is 1. The van der Waals surface area contributed by atoms with Crippen molar-refractivity contribution in [3.63, 3.8) is 0 Å². The first-order chi connectivity index (χ1) is 14.0. The molecule has 1 atom stereocenters. The van der Waals surface area contributed by atoms with E-state index in [-0.39, 0.29) is 42.4 Å². The first-order valence-corrected chi connectivity index (χ1v) is 9.72. The molecule has 3 rings (SSSR count). The van der Waals surface area contributed by atoms with Crippen molar-refractivity contribution >= 4 is 11.8 Å². The lowest BCUT2D eigenvalue weighted by atomic mass is 10.2. The lowest BCUT2D eigenvalue weighted by molar-refractivity contribution is -0.121. The molecular weight excluding hydrogens is 375 g/mol. The van der Waals surface area contributed by atoms with Gasteiger partial charge in [-0.05, 0) is 37.5 Å². The summed E-state index contributed by atoms with van der Waals surface area (Å²) >= 11 is 0. The fraction of sp³-hybridized carbons (Fsp3) is 0.429. The Bertz CT molecular complexity index is 821. The lowest BCUT2D eigenvalue weighted by Crippen LogP contribution is -2.40. The van der Waals surface area contributed by atoms with Crippen molar-refractivity contribution in [3.8, 4) is 0 Å². The molecule has 0 radical (unpaired) electrons. The van der Waals surface area contributed by atoms with Crippen LogP contribution < -0.4 is 5.32 Å². The van der Waals surface area contributed by atoms with Gasteiger partial charge < -0.3 is 15.0 Å². The number of nitrogens with one attached hydrogen (secondary N) is 1. The minimum absolute atomic E-state index is 0.0281. The van der Waals surface area contributed by atoms with Crippen molar-refractivity contribution in [1.82, 2.24) is 20.2 Å². The minimum Gasteiger partial charge on any atom is -0.376 e. The molecule has 1 aromatic carbocycles. The van der Waals surface area contributed by atoms with E-state index in [1.165, 1.54) is 18.3 Å². The molecule has 2 heterocycles. The summed E-state index contributed by atoms with van der Waals surface area (Å²) in [7, 11) is 0. The highest BCUT2D eigenvalue weighted by molar-refractivity contribution is 5.92. The van der Waals surface area contributed by atoms with Gasteiger partial charge in [-0.3, -0.25) is 14.6 Å². The number of rotatable bonds is 8. The zero-order chi connectivity index (χ0) is 20.6. The quantitative estimate of drug-likeness (QED) is 0.735. The third kappa shape index (κ3) is 6.32. The molecule has 1 aliphatic rings. The molecule has 0 saturated carbocycles. The molecule has 0 aliphatic carbocycles. The second kappa shape index (κ2) is 10.1. The van der Waals surface area contributed by atoms with E-state index in [1.807, 2.05) is 0 Å². The van der Waals surface area contributed by atoms with Gasteiger partial charge in [-0.2, -0.15) is 0 Å². The molecule has 1 N–H and O–H groups in total. The highest BCUT2D eigenvalue weighted by Gasteiger charge is 2.24. The van der Waals surface area contributed by atoms with E-state index in [1.54, 1.807) is 30.2 Å². The SMILES string of the molecule is Cc1cnc(C(=O)N(CCC(=O)NCc2ccc(F)cc2)C[C@@H]2CCCO2)cn1. The molecule has 1 fully saturated rings. The Labute approximate surface area is 169 Å². The van der Waals surface area contributed by atoms with Gasteiger partial charge in [0.05, 0.1) is 18.0 Å². The fourth-order valence-corrected chi connectivity index (χ4v) is 3.10. The van der Waals surface area contributed by atoms with Gasteiger partial charge in [-0.15, -0.1) is 0 Å². The van der Waals surface area contributed by atoms with Crippen LogP contribution in [0.2, 0.25) is 0 Å². The van der Waals surface area contributed by atoms with E-state index in [2.05, 4.69) is 15.3 Å². The molecule has 0 unspecified atom stereocenters. The summed E-state index contributed by atoms with van der Waals surface area (Å²) in [5, 5.41) is 2.80. The zero-order valence-corrected chi connectivity index (χ0v) is 16.4. The summed E-state index contributed by atoms with van der Waals surface area (Å²) in [6.45, 7) is 3.47. The van der Waals surface area contributed by atoms with Crippen LogP contribution in [0, 0.1) is 12.7 Å². The number of carbonyl (C=O) groups is 2. The summed E-state index contributed by atoms with van der Waals surface area (Å²) < 4.78 is 18.6. The Kier molecular flexibility index (Phi) is 7.24. The molecule has 1 saturated heterocycles. The summed E-state index contributed by atoms with van der Waals surface area (Å²) in [5.41, 5.74) is 1.79. The Morgan fingerprint density at radius 3 is 2.69 bits per heavy atom. The van der Waals surface area contributed by atoms with Gasteiger partial charge in [0.25, 0.3) is 5.91 Å². The van der Waals surface area contributed by atoms with Gasteiger partial charge in [-0.25, -0.2) is 9.37 Å². The standard InChI is InChI=1S/C21H25FN4O3/c1-15-11-24-19(13-23-15)21(28)26(14-18-3-2-10-29-18)9-8-20(27)25-12-16-4-6-17(22)7-5-16/h4-7,11,13,18H,2-3,8-10,12,14H2,1H3,(H,25,27)/t18-/m0/s1. The van der Waals surface area contributed by atoms with Crippen molar-refractivity contribution in [1.29, 1.82) is 0 Å². The number of halogens is 1. The molecule has 29 heavy (non-hydrogen) atoms. The van der Waals surface area contributed by atoms with Crippen molar-refractivity contribution in [2.75, 3.05) is 19.7 Å². The number of nitrogens with zero attached hydrogens (tertiary/aromatic N) is 3. The summed E-state index contributed by atoms with van der Waals surface area (Å²) in [6, 6.07) is 5.95. The first-order valence-electron chi connectivity index (χ1n) is 9.72. The largest absolute Gasteiger partial charge is 0.376 e. The molecule has 1 aliphatic heterocycles. The van der Waals surface area contributed by atoms with Gasteiger partial charge in [0.15, 0.2) is 0 Å². The Balaban J connectivity index is 1.56. The van der Waals surface area contributed by atoms with Crippen LogP contribution >= 0.6 is 0 Å². The van der Waals surface area contributed by atoms with E-state index < -0.39 is 0 Å². The van der Waals surface area contributed by atoms with Crippen LogP contribution in [0.4, 0.5) is 4.39 Å². The average molecular weight is 400 g/mol. The van der Waals surface area contributed by atoms with E-state index in [4.69, 9.17) is 4.74 Å². The third-order valence-electron chi connectivity index (χ3n) is 4.75. The number of aromatic nitrogens is 2. The second-order valence-electron chi connectivity index (χ2n) is 7.08. The molecule has 1 aromatic heterocycles. The maximum atomic E-state index is 13.0. The second-order valence-corrected chi connectivity index (χ2v) is 7.08. The van der Waals surface area contributed by atoms with Crippen molar-refractivity contribution in [2.45, 2.75) is 38.8 Å². The maximum Gasteiger partial charge on any atom is 0.274 e. The van der Waals surface area contributed by atoms with Gasteiger partial charge in [0.1, 0.15) is 11.5 Å². The van der Waals surface area contributed by atoms with E-state index in [0.29, 0.717) is 19.7 Å². The number of carbonyl (C=O) groups excluding carboxylic acids is 2. The van der Waals surface area contributed by atoms with Crippen LogP contribution in [-0.4, -0.2) is 52.5 Å². The minimum atomic E-state index is -0.317. The first kappa shape index (κ1) is 20.9. The van der Waals surface area contributed by atoms with Crippen LogP contribution in [0.3, 0.4) is 0 Å². The Morgan fingerprint density at radius 2 is 2.03 bits per heavy atom. The van der Waals surface area contributed by atoms with Crippen LogP contribution in [0.1, 0.15) is 41.0 Å². The van der Waals surface area contributed by atoms with Crippen molar-refractivity contribution in [2.24, 2.45) is 0 Å². The third-order valence-corrected chi connectivity index (χ3v) is 4.75. The lowest BCUT2D eigenvalue weighted by Gasteiger charge is -2.25. The predicted octanol–water partition coefficient (Wildman–Crippen LogP) is 2.25. The molecule has 8 heteroatoms. The van der Waals surface area contributed by atoms with Gasteiger partial charge in [0, 0.05) is 38.9 Å². The number of aryl methyl sites for hydroxylation is 1.